The first-order chi connectivity index (χ1) is 13.6. The Kier molecular flexibility index (Phi) is 6.28. The number of piperidine rings is 1. The van der Waals surface area contributed by atoms with Crippen LogP contribution in [0.25, 0.3) is 0 Å². The number of likely N-dealkylation sites (tertiary alicyclic amines) is 2. The number of hydrogen-bond donors (Lipinski definition) is 2. The number of carbonyl (C=O) groups excluding carboxylic acids is 2. The van der Waals surface area contributed by atoms with E-state index in [-0.39, 0.29) is 24.8 Å². The van der Waals surface area contributed by atoms with Gasteiger partial charge in [0.2, 0.25) is 11.8 Å². The van der Waals surface area contributed by atoms with Gasteiger partial charge in [-0.1, -0.05) is 26.0 Å². The molecule has 2 fully saturated rings. The highest BCUT2D eigenvalue weighted by molar-refractivity contribution is 5.90. The molecule has 29 heavy (non-hydrogen) atoms. The number of β-amino-alcohol motifs (C(OH)–C–C–N with tert-alkyl or cyclic N) is 1. The molecule has 3 heterocycles. The zero-order valence-electron chi connectivity index (χ0n) is 18.1. The lowest BCUT2D eigenvalue weighted by molar-refractivity contribution is -0.144. The number of rotatable bonds is 4. The number of nitrogens with zero attached hydrogens (tertiary/aromatic N) is 5. The lowest BCUT2D eigenvalue weighted by atomic mass is 9.85. The SMILES string of the molecule is CNC(=O)[C@@H]1C[C@@H](O)CN1C(=O)[C@@H](n1cc(C2CCN(C)CC2)nn1)C(C)(C)C. The van der Waals surface area contributed by atoms with E-state index < -0.39 is 23.6 Å². The molecule has 1 aromatic heterocycles. The number of aliphatic hydroxyl groups excluding tert-OH is 1. The van der Waals surface area contributed by atoms with Crippen molar-refractivity contribution in [2.75, 3.05) is 33.7 Å². The average Bonchev–Trinajstić information content (AvgIpc) is 3.27. The number of carbonyl (C=O) groups is 2. The first-order valence-electron chi connectivity index (χ1n) is 10.4. The van der Waals surface area contributed by atoms with Crippen LogP contribution in [-0.4, -0.2) is 87.6 Å². The molecule has 2 N–H and O–H groups in total. The number of aromatic nitrogens is 3. The number of amides is 2. The monoisotopic (exact) mass is 406 g/mol. The molecule has 9 nitrogen and oxygen atoms in total. The molecule has 2 aliphatic rings. The maximum atomic E-state index is 13.5. The number of aliphatic hydroxyl groups is 1. The lowest BCUT2D eigenvalue weighted by Gasteiger charge is -2.34. The summed E-state index contributed by atoms with van der Waals surface area (Å²) < 4.78 is 1.65. The Balaban J connectivity index is 1.85. The fourth-order valence-electron chi connectivity index (χ4n) is 4.42. The molecule has 2 saturated heterocycles. The summed E-state index contributed by atoms with van der Waals surface area (Å²) in [6, 6.07) is -1.27. The molecule has 3 atom stereocenters. The van der Waals surface area contributed by atoms with Gasteiger partial charge in [0.05, 0.1) is 11.8 Å². The number of likely N-dealkylation sites (N-methyl/N-ethyl adjacent to an activating group) is 1. The van der Waals surface area contributed by atoms with Crippen molar-refractivity contribution in [1.82, 2.24) is 30.1 Å². The maximum absolute atomic E-state index is 13.5. The third-order valence-corrected chi connectivity index (χ3v) is 6.09. The summed E-state index contributed by atoms with van der Waals surface area (Å²) in [5.74, 6) is -0.112. The predicted octanol–water partition coefficient (Wildman–Crippen LogP) is 0.382. The minimum absolute atomic E-state index is 0.153. The van der Waals surface area contributed by atoms with Crippen molar-refractivity contribution in [2.24, 2.45) is 5.41 Å². The van der Waals surface area contributed by atoms with Gasteiger partial charge in [-0.05, 0) is 38.4 Å². The van der Waals surface area contributed by atoms with Gasteiger partial charge in [0, 0.05) is 32.1 Å². The van der Waals surface area contributed by atoms with E-state index in [1.165, 1.54) is 4.90 Å². The van der Waals surface area contributed by atoms with Crippen molar-refractivity contribution < 1.29 is 14.7 Å². The third kappa shape index (κ3) is 4.61. The Morgan fingerprint density at radius 1 is 1.28 bits per heavy atom. The second kappa shape index (κ2) is 8.39. The Bertz CT molecular complexity index is 735. The molecule has 0 aliphatic carbocycles. The van der Waals surface area contributed by atoms with E-state index >= 15 is 0 Å². The Labute approximate surface area is 172 Å². The van der Waals surface area contributed by atoms with Gasteiger partial charge in [0.1, 0.15) is 12.1 Å². The maximum Gasteiger partial charge on any atom is 0.248 e. The van der Waals surface area contributed by atoms with Crippen molar-refractivity contribution in [1.29, 1.82) is 0 Å². The molecule has 0 bridgehead atoms. The Morgan fingerprint density at radius 3 is 2.52 bits per heavy atom. The van der Waals surface area contributed by atoms with Gasteiger partial charge in [-0.3, -0.25) is 9.59 Å². The van der Waals surface area contributed by atoms with Crippen LogP contribution in [0.4, 0.5) is 0 Å². The first kappa shape index (κ1) is 21.7. The molecule has 3 rings (SSSR count). The second-order valence-electron chi connectivity index (χ2n) is 9.48. The summed E-state index contributed by atoms with van der Waals surface area (Å²) in [5.41, 5.74) is 0.486. The van der Waals surface area contributed by atoms with Gasteiger partial charge < -0.3 is 20.2 Å². The van der Waals surface area contributed by atoms with Crippen LogP contribution in [0.5, 0.6) is 0 Å². The zero-order chi connectivity index (χ0) is 21.3. The van der Waals surface area contributed by atoms with Crippen LogP contribution in [0, 0.1) is 5.41 Å². The van der Waals surface area contributed by atoms with Crippen LogP contribution >= 0.6 is 0 Å². The second-order valence-corrected chi connectivity index (χ2v) is 9.48. The summed E-state index contributed by atoms with van der Waals surface area (Å²) in [6.45, 7) is 8.15. The highest BCUT2D eigenvalue weighted by Crippen LogP contribution is 2.35. The van der Waals surface area contributed by atoms with E-state index in [0.29, 0.717) is 5.92 Å². The zero-order valence-corrected chi connectivity index (χ0v) is 18.1. The van der Waals surface area contributed by atoms with Crippen LogP contribution in [0.3, 0.4) is 0 Å². The minimum atomic E-state index is -0.701. The summed E-state index contributed by atoms with van der Waals surface area (Å²) in [6.07, 6.45) is 3.50. The lowest BCUT2D eigenvalue weighted by Crippen LogP contribution is -2.49. The van der Waals surface area contributed by atoms with Gasteiger partial charge in [-0.2, -0.15) is 0 Å². The van der Waals surface area contributed by atoms with Crippen molar-refractivity contribution >= 4 is 11.8 Å². The largest absolute Gasteiger partial charge is 0.391 e. The predicted molar refractivity (Wildman–Crippen MR) is 108 cm³/mol. The van der Waals surface area contributed by atoms with Crippen molar-refractivity contribution in [3.8, 4) is 0 Å². The number of hydrogen-bond acceptors (Lipinski definition) is 6. The molecule has 0 aromatic carbocycles. The fourth-order valence-corrected chi connectivity index (χ4v) is 4.42. The first-order valence-corrected chi connectivity index (χ1v) is 10.4. The van der Waals surface area contributed by atoms with E-state index in [1.54, 1.807) is 11.7 Å². The molecule has 0 spiro atoms. The molecular weight excluding hydrogens is 372 g/mol. The van der Waals surface area contributed by atoms with E-state index in [0.717, 1.165) is 31.6 Å². The van der Waals surface area contributed by atoms with Gasteiger partial charge in [-0.25, -0.2) is 4.68 Å². The molecule has 162 valence electrons. The van der Waals surface area contributed by atoms with E-state index in [2.05, 4.69) is 27.6 Å². The van der Waals surface area contributed by atoms with Gasteiger partial charge in [0.15, 0.2) is 0 Å². The fraction of sp³-hybridized carbons (Fsp3) is 0.800. The highest BCUT2D eigenvalue weighted by Gasteiger charge is 2.45. The normalized spacial score (nSPS) is 25.2. The molecule has 0 saturated carbocycles. The molecular formula is C20H34N6O3. The van der Waals surface area contributed by atoms with Crippen LogP contribution in [0.15, 0.2) is 6.20 Å². The standard InChI is InChI=1S/C20H34N6O3/c1-20(2,3)17(19(29)25-11-14(27)10-16(25)18(28)21-4)26-12-15(22-23-26)13-6-8-24(5)9-7-13/h12-14,16-17,27H,6-11H2,1-5H3,(H,21,28)/t14-,16+,17-/m1/s1. The van der Waals surface area contributed by atoms with Crippen molar-refractivity contribution in [2.45, 2.75) is 64.1 Å². The summed E-state index contributed by atoms with van der Waals surface area (Å²) in [4.78, 5) is 29.6. The van der Waals surface area contributed by atoms with Crippen molar-refractivity contribution in [3.63, 3.8) is 0 Å². The molecule has 0 unspecified atom stereocenters. The van der Waals surface area contributed by atoms with Gasteiger partial charge in [0.25, 0.3) is 0 Å². The van der Waals surface area contributed by atoms with E-state index in [9.17, 15) is 14.7 Å². The summed E-state index contributed by atoms with van der Waals surface area (Å²) in [5, 5.41) is 21.4. The molecule has 2 aliphatic heterocycles. The van der Waals surface area contributed by atoms with E-state index in [4.69, 9.17) is 0 Å². The molecule has 0 radical (unpaired) electrons. The van der Waals surface area contributed by atoms with Gasteiger partial charge >= 0.3 is 0 Å². The van der Waals surface area contributed by atoms with E-state index in [1.807, 2.05) is 27.0 Å². The molecule has 2 amide bonds. The third-order valence-electron chi connectivity index (χ3n) is 6.09. The quantitative estimate of drug-likeness (QED) is 0.749. The number of nitrogens with one attached hydrogen (secondary N) is 1. The van der Waals surface area contributed by atoms with Crippen LogP contribution in [0.1, 0.15) is 57.7 Å². The van der Waals surface area contributed by atoms with Crippen LogP contribution in [0.2, 0.25) is 0 Å². The topological polar surface area (TPSA) is 104 Å². The van der Waals surface area contributed by atoms with Crippen LogP contribution in [-0.2, 0) is 9.59 Å². The van der Waals surface area contributed by atoms with Crippen molar-refractivity contribution in [3.05, 3.63) is 11.9 Å². The highest BCUT2D eigenvalue weighted by atomic mass is 16.3. The van der Waals surface area contributed by atoms with Gasteiger partial charge in [-0.15, -0.1) is 5.10 Å². The summed E-state index contributed by atoms with van der Waals surface area (Å²) in [7, 11) is 3.66. The molecule has 9 heteroatoms. The Hall–Kier alpha value is -2.00. The molecule has 1 aromatic rings. The smallest absolute Gasteiger partial charge is 0.248 e. The minimum Gasteiger partial charge on any atom is -0.391 e. The Morgan fingerprint density at radius 2 is 1.93 bits per heavy atom. The summed E-state index contributed by atoms with van der Waals surface area (Å²) >= 11 is 0. The average molecular weight is 407 g/mol. The van der Waals surface area contributed by atoms with Crippen LogP contribution < -0.4 is 5.32 Å².